The number of esters is 3. The SMILES string of the molecule is N#Cc1ccc(OC(=O)c2ccc3cc(OC(=O)CCCCCCCCCC(=O)Oc4ccc(-c5ccc(C#N)cc5)c(F)c4)ccc3c2)cc1. The summed E-state index contributed by atoms with van der Waals surface area (Å²) in [5.74, 6) is -0.801. The Morgan fingerprint density at radius 2 is 1.02 bits per heavy atom. The molecule has 0 spiro atoms. The van der Waals surface area contributed by atoms with Crippen LogP contribution in [0.4, 0.5) is 4.39 Å². The number of nitrogens with zero attached hydrogens (tertiary/aromatic N) is 2. The second-order valence-electron chi connectivity index (χ2n) is 12.0. The van der Waals surface area contributed by atoms with E-state index in [4.69, 9.17) is 24.7 Å². The minimum atomic E-state index is -0.517. The first-order valence-electron chi connectivity index (χ1n) is 16.8. The Morgan fingerprint density at radius 3 is 1.61 bits per heavy atom. The predicted molar refractivity (Wildman–Crippen MR) is 189 cm³/mol. The Hall–Kier alpha value is -6.32. The number of ether oxygens (including phenoxy) is 3. The predicted octanol–water partition coefficient (Wildman–Crippen LogP) is 9.63. The lowest BCUT2D eigenvalue weighted by Crippen LogP contribution is -2.08. The molecule has 8 nitrogen and oxygen atoms in total. The number of halogens is 1. The zero-order valence-electron chi connectivity index (χ0n) is 27.9. The van der Waals surface area contributed by atoms with Gasteiger partial charge in [-0.2, -0.15) is 10.5 Å². The summed E-state index contributed by atoms with van der Waals surface area (Å²) in [5, 5.41) is 19.5. The average Bonchev–Trinajstić information content (AvgIpc) is 3.14. The second-order valence-corrected chi connectivity index (χ2v) is 12.0. The van der Waals surface area contributed by atoms with Crippen molar-refractivity contribution in [2.24, 2.45) is 0 Å². The van der Waals surface area contributed by atoms with Crippen molar-refractivity contribution in [3.63, 3.8) is 0 Å². The number of hydrogen-bond acceptors (Lipinski definition) is 8. The van der Waals surface area contributed by atoms with Crippen LogP contribution in [0.25, 0.3) is 21.9 Å². The first kappa shape index (κ1) is 36.0. The number of benzene rings is 5. The Morgan fingerprint density at radius 1 is 0.529 bits per heavy atom. The van der Waals surface area contributed by atoms with Crippen LogP contribution in [-0.2, 0) is 9.59 Å². The van der Waals surface area contributed by atoms with Crippen LogP contribution in [0, 0.1) is 28.5 Å². The maximum Gasteiger partial charge on any atom is 0.343 e. The first-order chi connectivity index (χ1) is 24.8. The summed E-state index contributed by atoms with van der Waals surface area (Å²) in [5.41, 5.74) is 2.33. The van der Waals surface area contributed by atoms with E-state index in [-0.39, 0.29) is 18.1 Å². The molecule has 0 aromatic heterocycles. The van der Waals surface area contributed by atoms with E-state index in [1.165, 1.54) is 6.07 Å². The fourth-order valence-electron chi connectivity index (χ4n) is 5.48. The van der Waals surface area contributed by atoms with Gasteiger partial charge in [0.15, 0.2) is 0 Å². The van der Waals surface area contributed by atoms with Crippen molar-refractivity contribution in [3.05, 3.63) is 126 Å². The minimum Gasteiger partial charge on any atom is -0.427 e. The normalized spacial score (nSPS) is 10.6. The number of unbranched alkanes of at least 4 members (excludes halogenated alkanes) is 6. The topological polar surface area (TPSA) is 126 Å². The van der Waals surface area contributed by atoms with E-state index < -0.39 is 17.8 Å². The van der Waals surface area contributed by atoms with E-state index in [1.807, 2.05) is 12.1 Å². The molecule has 0 heterocycles. The molecule has 0 saturated heterocycles. The quantitative estimate of drug-likeness (QED) is 0.0607. The van der Waals surface area contributed by atoms with Gasteiger partial charge in [-0.1, -0.05) is 56.4 Å². The molecule has 5 aromatic carbocycles. The van der Waals surface area contributed by atoms with E-state index in [9.17, 15) is 18.8 Å². The third-order valence-corrected chi connectivity index (χ3v) is 8.23. The van der Waals surface area contributed by atoms with Crippen molar-refractivity contribution in [1.82, 2.24) is 0 Å². The van der Waals surface area contributed by atoms with Crippen molar-refractivity contribution < 1.29 is 33.0 Å². The molecule has 0 aliphatic heterocycles. The molecule has 9 heteroatoms. The minimum absolute atomic E-state index is 0.157. The fraction of sp³-hybridized carbons (Fsp3) is 0.214. The van der Waals surface area contributed by atoms with Gasteiger partial charge in [-0.3, -0.25) is 9.59 Å². The zero-order chi connectivity index (χ0) is 36.0. The number of carbonyl (C=O) groups is 3. The summed E-state index contributed by atoms with van der Waals surface area (Å²) in [6.07, 6.45) is 6.60. The molecule has 0 fully saturated rings. The van der Waals surface area contributed by atoms with Crippen LogP contribution in [0.1, 0.15) is 79.3 Å². The van der Waals surface area contributed by atoms with Crippen LogP contribution in [0.3, 0.4) is 0 Å². The monoisotopic (exact) mass is 682 g/mol. The molecule has 51 heavy (non-hydrogen) atoms. The molecular formula is C42H35FN2O6. The molecule has 5 aromatic rings. The molecule has 0 radical (unpaired) electrons. The highest BCUT2D eigenvalue weighted by Crippen LogP contribution is 2.27. The van der Waals surface area contributed by atoms with Gasteiger partial charge in [0.05, 0.1) is 28.8 Å². The number of carbonyl (C=O) groups excluding carboxylic acids is 3. The van der Waals surface area contributed by atoms with Crippen LogP contribution in [0.15, 0.2) is 103 Å². The number of nitriles is 2. The van der Waals surface area contributed by atoms with Crippen LogP contribution in [0.2, 0.25) is 0 Å². The molecular weight excluding hydrogens is 647 g/mol. The van der Waals surface area contributed by atoms with E-state index >= 15 is 0 Å². The number of fused-ring (bicyclic) bond motifs is 1. The maximum absolute atomic E-state index is 14.6. The first-order valence-corrected chi connectivity index (χ1v) is 16.8. The molecule has 0 aliphatic carbocycles. The lowest BCUT2D eigenvalue weighted by Gasteiger charge is -2.08. The lowest BCUT2D eigenvalue weighted by atomic mass is 10.0. The molecule has 0 atom stereocenters. The highest BCUT2D eigenvalue weighted by Gasteiger charge is 2.13. The number of hydrogen-bond donors (Lipinski definition) is 0. The van der Waals surface area contributed by atoms with Gasteiger partial charge in [0, 0.05) is 24.5 Å². The summed E-state index contributed by atoms with van der Waals surface area (Å²) in [6, 6.07) is 31.6. The Kier molecular flexibility index (Phi) is 12.6. The summed E-state index contributed by atoms with van der Waals surface area (Å²) < 4.78 is 30.9. The molecule has 0 bridgehead atoms. The van der Waals surface area contributed by atoms with Gasteiger partial charge in [-0.15, -0.1) is 0 Å². The van der Waals surface area contributed by atoms with Gasteiger partial charge >= 0.3 is 17.9 Å². The molecule has 0 unspecified atom stereocenters. The van der Waals surface area contributed by atoms with Gasteiger partial charge in [0.1, 0.15) is 23.1 Å². The van der Waals surface area contributed by atoms with Crippen molar-refractivity contribution in [2.45, 2.75) is 57.8 Å². The second kappa shape index (κ2) is 17.9. The van der Waals surface area contributed by atoms with E-state index in [0.29, 0.717) is 58.6 Å². The third kappa shape index (κ3) is 10.6. The molecule has 256 valence electrons. The largest absolute Gasteiger partial charge is 0.427 e. The summed E-state index contributed by atoms with van der Waals surface area (Å²) in [6.45, 7) is 0. The smallest absolute Gasteiger partial charge is 0.343 e. The molecule has 5 rings (SSSR count). The van der Waals surface area contributed by atoms with E-state index in [2.05, 4.69) is 0 Å². The average molecular weight is 683 g/mol. The Balaban J connectivity index is 0.934. The van der Waals surface area contributed by atoms with E-state index in [1.54, 1.807) is 97.1 Å². The van der Waals surface area contributed by atoms with Gasteiger partial charge in [-0.25, -0.2) is 9.18 Å². The van der Waals surface area contributed by atoms with Gasteiger partial charge in [0.2, 0.25) is 0 Å². The molecule has 0 amide bonds. The van der Waals surface area contributed by atoms with E-state index in [0.717, 1.165) is 42.9 Å². The Bertz CT molecular complexity index is 2100. The van der Waals surface area contributed by atoms with Gasteiger partial charge in [-0.05, 0) is 102 Å². The number of rotatable bonds is 15. The zero-order valence-corrected chi connectivity index (χ0v) is 27.9. The summed E-state index contributed by atoms with van der Waals surface area (Å²) in [4.78, 5) is 37.3. The molecule has 0 N–H and O–H groups in total. The highest BCUT2D eigenvalue weighted by atomic mass is 19.1. The third-order valence-electron chi connectivity index (χ3n) is 8.23. The van der Waals surface area contributed by atoms with Gasteiger partial charge in [0.25, 0.3) is 0 Å². The van der Waals surface area contributed by atoms with Crippen molar-refractivity contribution in [2.75, 3.05) is 0 Å². The van der Waals surface area contributed by atoms with Crippen LogP contribution >= 0.6 is 0 Å². The summed E-state index contributed by atoms with van der Waals surface area (Å²) in [7, 11) is 0. The van der Waals surface area contributed by atoms with Crippen LogP contribution < -0.4 is 14.2 Å². The van der Waals surface area contributed by atoms with Crippen molar-refractivity contribution in [3.8, 4) is 40.5 Å². The van der Waals surface area contributed by atoms with Gasteiger partial charge < -0.3 is 14.2 Å². The highest BCUT2D eigenvalue weighted by molar-refractivity contribution is 5.97. The Labute approximate surface area is 295 Å². The van der Waals surface area contributed by atoms with Crippen molar-refractivity contribution in [1.29, 1.82) is 10.5 Å². The van der Waals surface area contributed by atoms with Crippen LogP contribution in [0.5, 0.6) is 17.2 Å². The standard InChI is InChI=1S/C42H35FN2O6/c43-39-26-37(22-23-38(39)31-14-10-29(27-44)11-15-31)50-41(47)9-7-5-3-1-2-4-6-8-40(46)49-36-21-18-32-24-34(17-16-33(32)25-36)42(48)51-35-19-12-30(28-45)13-20-35/h10-26H,1-9H2. The van der Waals surface area contributed by atoms with Crippen molar-refractivity contribution >= 4 is 28.7 Å². The molecule has 0 saturated carbocycles. The summed E-state index contributed by atoms with van der Waals surface area (Å²) >= 11 is 0. The molecule has 0 aliphatic rings. The fourth-order valence-corrected chi connectivity index (χ4v) is 5.48. The maximum atomic E-state index is 14.6. The van der Waals surface area contributed by atoms with Crippen LogP contribution in [-0.4, -0.2) is 17.9 Å². The lowest BCUT2D eigenvalue weighted by molar-refractivity contribution is -0.135.